The molecule has 0 bridgehead atoms. The predicted molar refractivity (Wildman–Crippen MR) is 386 cm³/mol. The van der Waals surface area contributed by atoms with Crippen LogP contribution in [0.3, 0.4) is 0 Å². The number of hydrogen-bond acceptors (Lipinski definition) is 15. The molecule has 0 saturated heterocycles. The lowest BCUT2D eigenvalue weighted by molar-refractivity contribution is -0.161. The summed E-state index contributed by atoms with van der Waals surface area (Å²) in [6, 6.07) is 0. The van der Waals surface area contributed by atoms with Gasteiger partial charge in [0, 0.05) is 25.7 Å². The van der Waals surface area contributed by atoms with Crippen molar-refractivity contribution < 1.29 is 80.2 Å². The van der Waals surface area contributed by atoms with E-state index in [1.807, 2.05) is 0 Å². The fourth-order valence-corrected chi connectivity index (χ4v) is 13.3. The number of carbonyl (C=O) groups is 4. The molecule has 19 heteroatoms. The highest BCUT2D eigenvalue weighted by Gasteiger charge is 2.30. The summed E-state index contributed by atoms with van der Waals surface area (Å²) < 4.78 is 68.4. The van der Waals surface area contributed by atoms with Crippen molar-refractivity contribution in [3.05, 3.63) is 0 Å². The van der Waals surface area contributed by atoms with Gasteiger partial charge in [-0.2, -0.15) is 0 Å². The maximum Gasteiger partial charge on any atom is 0.472 e. The molecule has 0 aromatic carbocycles. The van der Waals surface area contributed by atoms with E-state index in [9.17, 15) is 43.2 Å². The number of unbranched alkanes of at least 4 members (excludes halogenated alkanes) is 48. The van der Waals surface area contributed by atoms with Gasteiger partial charge in [0.25, 0.3) is 0 Å². The van der Waals surface area contributed by atoms with Gasteiger partial charge in [-0.05, 0) is 31.6 Å². The Morgan fingerprint density at radius 2 is 0.484 bits per heavy atom. The van der Waals surface area contributed by atoms with Crippen molar-refractivity contribution in [3.63, 3.8) is 0 Å². The summed E-state index contributed by atoms with van der Waals surface area (Å²) in [6.45, 7) is 7.20. The van der Waals surface area contributed by atoms with Crippen LogP contribution in [0.25, 0.3) is 0 Å². The molecule has 564 valence electrons. The van der Waals surface area contributed by atoms with Crippen LogP contribution in [0.2, 0.25) is 0 Å². The summed E-state index contributed by atoms with van der Waals surface area (Å²) in [5, 5.41) is 10.6. The zero-order valence-corrected chi connectivity index (χ0v) is 63.6. The van der Waals surface area contributed by atoms with E-state index in [0.717, 1.165) is 96.3 Å². The number of carbonyl (C=O) groups excluding carboxylic acids is 4. The molecule has 0 radical (unpaired) electrons. The van der Waals surface area contributed by atoms with Gasteiger partial charge < -0.3 is 33.8 Å². The van der Waals surface area contributed by atoms with Crippen molar-refractivity contribution in [1.29, 1.82) is 0 Å². The molecule has 0 rings (SSSR count). The maximum atomic E-state index is 13.1. The SMILES string of the molecule is CCCCCCCCCCCCCCCCCCCCCCCCC(=O)O[C@H](COC(=O)CCCCCCCCCCCCCC)COP(=O)(O)OC[C@@H](O)COP(=O)(O)OC[C@@H](COC(=O)CCCCCCCCC(C)C)OC(=O)CCCCCCCCCCCCCC. The van der Waals surface area contributed by atoms with Crippen molar-refractivity contribution in [2.24, 2.45) is 5.92 Å². The van der Waals surface area contributed by atoms with Crippen LogP contribution in [-0.2, 0) is 65.4 Å². The molecule has 0 aliphatic rings. The number of phosphoric acid groups is 2. The molecule has 0 aromatic rings. The van der Waals surface area contributed by atoms with Gasteiger partial charge in [0.1, 0.15) is 19.3 Å². The number of aliphatic hydroxyl groups is 1. The molecule has 5 atom stereocenters. The molecule has 0 aliphatic carbocycles. The second-order valence-corrected chi connectivity index (χ2v) is 30.8. The van der Waals surface area contributed by atoms with Crippen LogP contribution >= 0.6 is 15.6 Å². The average molecular weight is 1400 g/mol. The summed E-state index contributed by atoms with van der Waals surface area (Å²) in [5.41, 5.74) is 0. The van der Waals surface area contributed by atoms with Crippen LogP contribution in [-0.4, -0.2) is 96.7 Å². The number of ether oxygens (including phenoxy) is 4. The van der Waals surface area contributed by atoms with Crippen molar-refractivity contribution >= 4 is 39.5 Å². The van der Waals surface area contributed by atoms with Crippen LogP contribution < -0.4 is 0 Å². The number of rotatable bonds is 76. The zero-order chi connectivity index (χ0) is 69.8. The number of esters is 4. The summed E-state index contributed by atoms with van der Waals surface area (Å²) >= 11 is 0. The first-order valence-corrected chi connectivity index (χ1v) is 42.6. The first kappa shape index (κ1) is 93.1. The Kier molecular flexibility index (Phi) is 67.7. The van der Waals surface area contributed by atoms with Crippen LogP contribution in [0.4, 0.5) is 0 Å². The molecule has 3 N–H and O–H groups in total. The number of hydrogen-bond donors (Lipinski definition) is 3. The molecule has 0 amide bonds. The molecule has 17 nitrogen and oxygen atoms in total. The lowest BCUT2D eigenvalue weighted by atomic mass is 10.0. The molecular weight excluding hydrogens is 1250 g/mol. The molecular formula is C76H148O17P2. The van der Waals surface area contributed by atoms with E-state index in [-0.39, 0.29) is 25.7 Å². The predicted octanol–water partition coefficient (Wildman–Crippen LogP) is 22.5. The smallest absolute Gasteiger partial charge is 0.462 e. The minimum atomic E-state index is -4.96. The first-order valence-electron chi connectivity index (χ1n) is 39.6. The van der Waals surface area contributed by atoms with Crippen molar-refractivity contribution in [3.8, 4) is 0 Å². The Morgan fingerprint density at radius 3 is 0.716 bits per heavy atom. The van der Waals surface area contributed by atoms with Crippen LogP contribution in [0, 0.1) is 5.92 Å². The summed E-state index contributed by atoms with van der Waals surface area (Å²) in [7, 11) is -9.91. The quantitative estimate of drug-likeness (QED) is 0.0222. The number of aliphatic hydroxyl groups excluding tert-OH is 1. The summed E-state index contributed by atoms with van der Waals surface area (Å²) in [6.07, 6.45) is 58.5. The normalized spacial score (nSPS) is 13.9. The fourth-order valence-electron chi connectivity index (χ4n) is 11.7. The highest BCUT2D eigenvalue weighted by atomic mass is 31.2. The largest absolute Gasteiger partial charge is 0.472 e. The van der Waals surface area contributed by atoms with E-state index in [0.29, 0.717) is 31.6 Å². The zero-order valence-electron chi connectivity index (χ0n) is 61.8. The van der Waals surface area contributed by atoms with Gasteiger partial charge in [-0.25, -0.2) is 9.13 Å². The average Bonchev–Trinajstić information content (AvgIpc) is 3.22. The minimum absolute atomic E-state index is 0.107. The van der Waals surface area contributed by atoms with Crippen LogP contribution in [0.5, 0.6) is 0 Å². The second-order valence-electron chi connectivity index (χ2n) is 27.9. The monoisotopic (exact) mass is 1400 g/mol. The van der Waals surface area contributed by atoms with Crippen LogP contribution in [0.15, 0.2) is 0 Å². The van der Waals surface area contributed by atoms with Crippen molar-refractivity contribution in [2.45, 2.75) is 419 Å². The fraction of sp³-hybridized carbons (Fsp3) is 0.947. The van der Waals surface area contributed by atoms with E-state index in [1.54, 1.807) is 0 Å². The molecule has 0 fully saturated rings. The van der Waals surface area contributed by atoms with Gasteiger partial charge in [-0.3, -0.25) is 37.3 Å². The van der Waals surface area contributed by atoms with Crippen LogP contribution in [0.1, 0.15) is 401 Å². The molecule has 0 spiro atoms. The molecule has 0 saturated carbocycles. The molecule has 0 heterocycles. The van der Waals surface area contributed by atoms with E-state index >= 15 is 0 Å². The topological polar surface area (TPSA) is 237 Å². The third-order valence-corrected chi connectivity index (χ3v) is 19.7. The van der Waals surface area contributed by atoms with Gasteiger partial charge >= 0.3 is 39.5 Å². The van der Waals surface area contributed by atoms with E-state index in [2.05, 4.69) is 34.6 Å². The molecule has 95 heavy (non-hydrogen) atoms. The van der Waals surface area contributed by atoms with Crippen molar-refractivity contribution in [2.75, 3.05) is 39.6 Å². The van der Waals surface area contributed by atoms with Gasteiger partial charge in [0.15, 0.2) is 12.2 Å². The Balaban J connectivity index is 5.16. The first-order chi connectivity index (χ1) is 46.0. The Morgan fingerprint density at radius 1 is 0.284 bits per heavy atom. The van der Waals surface area contributed by atoms with E-state index in [4.69, 9.17) is 37.0 Å². The summed E-state index contributed by atoms with van der Waals surface area (Å²) in [4.78, 5) is 72.7. The van der Waals surface area contributed by atoms with Gasteiger partial charge in [0.2, 0.25) is 0 Å². The maximum absolute atomic E-state index is 13.1. The Labute approximate surface area is 581 Å². The molecule has 2 unspecified atom stereocenters. The number of phosphoric ester groups is 2. The second kappa shape index (κ2) is 69.2. The lowest BCUT2D eigenvalue weighted by Gasteiger charge is -2.21. The van der Waals surface area contributed by atoms with E-state index < -0.39 is 97.5 Å². The lowest BCUT2D eigenvalue weighted by Crippen LogP contribution is -2.30. The Hall–Kier alpha value is -1.94. The highest BCUT2D eigenvalue weighted by Crippen LogP contribution is 2.45. The molecule has 0 aliphatic heterocycles. The van der Waals surface area contributed by atoms with Crippen molar-refractivity contribution in [1.82, 2.24) is 0 Å². The third-order valence-electron chi connectivity index (χ3n) is 17.8. The van der Waals surface area contributed by atoms with E-state index in [1.165, 1.54) is 218 Å². The van der Waals surface area contributed by atoms with Gasteiger partial charge in [-0.15, -0.1) is 0 Å². The summed E-state index contributed by atoms with van der Waals surface area (Å²) in [5.74, 6) is -1.44. The minimum Gasteiger partial charge on any atom is -0.462 e. The third kappa shape index (κ3) is 70.3. The standard InChI is InChI=1S/C76H148O17P2/c1-6-9-12-15-18-21-24-27-28-29-30-31-32-33-34-35-36-39-42-45-52-57-62-76(81)92-71(65-86-73(78)59-54-49-43-40-37-25-22-19-16-13-10-7-2)67-90-94(82,83)88-63-70(77)64-89-95(84,85)91-68-72(66-87-74(79)60-55-50-47-46-48-53-58-69(4)5)93-75(80)61-56-51-44-41-38-26-23-20-17-14-11-8-3/h69-72,77H,6-68H2,1-5H3,(H,82,83)(H,84,85)/t70-,71-,72-/m1/s1. The van der Waals surface area contributed by atoms with Gasteiger partial charge in [-0.1, -0.05) is 349 Å². The Bertz CT molecular complexity index is 1820. The molecule has 0 aromatic heterocycles. The highest BCUT2D eigenvalue weighted by molar-refractivity contribution is 7.47. The van der Waals surface area contributed by atoms with Gasteiger partial charge in [0.05, 0.1) is 26.4 Å².